The van der Waals surface area contributed by atoms with Crippen LogP contribution in [0.15, 0.2) is 54.6 Å². The van der Waals surface area contributed by atoms with Crippen molar-refractivity contribution in [3.63, 3.8) is 0 Å². The van der Waals surface area contributed by atoms with Gasteiger partial charge in [-0.2, -0.15) is 5.26 Å². The molecule has 0 unspecified atom stereocenters. The van der Waals surface area contributed by atoms with E-state index in [1.165, 1.54) is 5.56 Å². The Balaban J connectivity index is 1.39. The average Bonchev–Trinajstić information content (AvgIpc) is 2.64. The van der Waals surface area contributed by atoms with Crippen molar-refractivity contribution in [3.8, 4) is 11.8 Å². The summed E-state index contributed by atoms with van der Waals surface area (Å²) in [5.41, 5.74) is 1.98. The molecule has 0 atom stereocenters. The molecule has 0 spiro atoms. The molecule has 0 aliphatic carbocycles. The number of ether oxygens (including phenoxy) is 1. The van der Waals surface area contributed by atoms with Crippen LogP contribution < -0.4 is 4.74 Å². The maximum absolute atomic E-state index is 9.07. The predicted octanol–water partition coefficient (Wildman–Crippen LogP) is 2.75. The van der Waals surface area contributed by atoms with Crippen molar-refractivity contribution in [1.82, 2.24) is 9.80 Å². The molecule has 124 valence electrons. The highest BCUT2D eigenvalue weighted by Gasteiger charge is 2.16. The molecule has 1 aliphatic rings. The van der Waals surface area contributed by atoms with Gasteiger partial charge < -0.3 is 4.74 Å². The van der Waals surface area contributed by atoms with E-state index in [0.717, 1.165) is 39.3 Å². The second-order valence-corrected chi connectivity index (χ2v) is 6.06. The van der Waals surface area contributed by atoms with Gasteiger partial charge in [0, 0.05) is 39.3 Å². The number of benzene rings is 2. The van der Waals surface area contributed by atoms with Gasteiger partial charge in [-0.05, 0) is 17.7 Å². The Morgan fingerprint density at radius 3 is 2.29 bits per heavy atom. The molecule has 1 saturated heterocycles. The smallest absolute Gasteiger partial charge is 0.137 e. The van der Waals surface area contributed by atoms with E-state index < -0.39 is 0 Å². The molecule has 0 bridgehead atoms. The number of hydrogen-bond acceptors (Lipinski definition) is 4. The van der Waals surface area contributed by atoms with Crippen molar-refractivity contribution in [1.29, 1.82) is 5.26 Å². The van der Waals surface area contributed by atoms with Gasteiger partial charge in [0.25, 0.3) is 0 Å². The van der Waals surface area contributed by atoms with Gasteiger partial charge >= 0.3 is 0 Å². The fourth-order valence-corrected chi connectivity index (χ4v) is 2.98. The van der Waals surface area contributed by atoms with Gasteiger partial charge in [-0.1, -0.05) is 42.5 Å². The lowest BCUT2D eigenvalue weighted by Crippen LogP contribution is -2.47. The third-order valence-electron chi connectivity index (χ3n) is 4.39. The number of para-hydroxylation sites is 1. The van der Waals surface area contributed by atoms with E-state index in [4.69, 9.17) is 10.00 Å². The molecule has 3 rings (SSSR count). The number of nitrogens with zero attached hydrogens (tertiary/aromatic N) is 3. The van der Waals surface area contributed by atoms with Crippen molar-refractivity contribution >= 4 is 0 Å². The third-order valence-corrected chi connectivity index (χ3v) is 4.39. The molecule has 4 heteroatoms. The molecule has 2 aromatic carbocycles. The second kappa shape index (κ2) is 8.49. The molecule has 0 saturated carbocycles. The Bertz CT molecular complexity index is 673. The summed E-state index contributed by atoms with van der Waals surface area (Å²) in [5, 5.41) is 9.07. The first kappa shape index (κ1) is 16.5. The Labute approximate surface area is 143 Å². The fraction of sp³-hybridized carbons (Fsp3) is 0.350. The quantitative estimate of drug-likeness (QED) is 0.820. The Morgan fingerprint density at radius 1 is 0.875 bits per heavy atom. The molecule has 0 N–H and O–H groups in total. The van der Waals surface area contributed by atoms with Gasteiger partial charge in [0.15, 0.2) is 0 Å². The zero-order valence-corrected chi connectivity index (χ0v) is 13.9. The maximum atomic E-state index is 9.07. The van der Waals surface area contributed by atoms with E-state index in [0.29, 0.717) is 17.9 Å². The molecule has 24 heavy (non-hydrogen) atoms. The van der Waals surface area contributed by atoms with Crippen LogP contribution in [0.2, 0.25) is 0 Å². The lowest BCUT2D eigenvalue weighted by atomic mass is 10.2. The van der Waals surface area contributed by atoms with E-state index in [1.54, 1.807) is 6.07 Å². The Kier molecular flexibility index (Phi) is 5.84. The molecule has 1 fully saturated rings. The van der Waals surface area contributed by atoms with Crippen molar-refractivity contribution in [2.24, 2.45) is 0 Å². The van der Waals surface area contributed by atoms with Crippen molar-refractivity contribution < 1.29 is 4.74 Å². The predicted molar refractivity (Wildman–Crippen MR) is 94.8 cm³/mol. The van der Waals surface area contributed by atoms with E-state index in [2.05, 4.69) is 46.2 Å². The largest absolute Gasteiger partial charge is 0.491 e. The number of nitriles is 1. The van der Waals surface area contributed by atoms with Gasteiger partial charge in [-0.3, -0.25) is 9.80 Å². The van der Waals surface area contributed by atoms with Crippen LogP contribution in [0.25, 0.3) is 0 Å². The fourth-order valence-electron chi connectivity index (χ4n) is 2.98. The van der Waals surface area contributed by atoms with Gasteiger partial charge in [0.1, 0.15) is 18.4 Å². The summed E-state index contributed by atoms with van der Waals surface area (Å²) in [6.45, 7) is 6.86. The lowest BCUT2D eigenvalue weighted by molar-refractivity contribution is 0.112. The highest BCUT2D eigenvalue weighted by molar-refractivity contribution is 5.42. The van der Waals surface area contributed by atoms with Crippen LogP contribution in [0.3, 0.4) is 0 Å². The molecule has 0 aromatic heterocycles. The summed E-state index contributed by atoms with van der Waals surface area (Å²) in [6, 6.07) is 20.2. The van der Waals surface area contributed by atoms with E-state index >= 15 is 0 Å². The first-order valence-electron chi connectivity index (χ1n) is 8.46. The summed E-state index contributed by atoms with van der Waals surface area (Å²) in [6.07, 6.45) is 0. The van der Waals surface area contributed by atoms with Crippen LogP contribution in [-0.2, 0) is 6.54 Å². The zero-order chi connectivity index (χ0) is 16.6. The van der Waals surface area contributed by atoms with Crippen LogP contribution in [0, 0.1) is 11.3 Å². The van der Waals surface area contributed by atoms with E-state index in [-0.39, 0.29) is 0 Å². The van der Waals surface area contributed by atoms with Crippen molar-refractivity contribution in [2.45, 2.75) is 6.54 Å². The van der Waals surface area contributed by atoms with Crippen LogP contribution in [-0.4, -0.2) is 49.1 Å². The minimum absolute atomic E-state index is 0.602. The Morgan fingerprint density at radius 2 is 1.54 bits per heavy atom. The highest BCUT2D eigenvalue weighted by Crippen LogP contribution is 2.16. The van der Waals surface area contributed by atoms with Gasteiger partial charge in [-0.15, -0.1) is 0 Å². The zero-order valence-electron chi connectivity index (χ0n) is 13.9. The van der Waals surface area contributed by atoms with Gasteiger partial charge in [0.05, 0.1) is 5.56 Å². The normalized spacial score (nSPS) is 15.8. The van der Waals surface area contributed by atoms with Crippen LogP contribution in [0.1, 0.15) is 11.1 Å². The summed E-state index contributed by atoms with van der Waals surface area (Å²) in [7, 11) is 0. The van der Waals surface area contributed by atoms with Crippen LogP contribution >= 0.6 is 0 Å². The minimum atomic E-state index is 0.602. The summed E-state index contributed by atoms with van der Waals surface area (Å²) >= 11 is 0. The number of hydrogen-bond donors (Lipinski definition) is 0. The van der Waals surface area contributed by atoms with Gasteiger partial charge in [0.2, 0.25) is 0 Å². The SMILES string of the molecule is N#Cc1ccccc1OCCN1CCN(Cc2ccccc2)CC1. The number of piperazine rings is 1. The maximum Gasteiger partial charge on any atom is 0.137 e. The van der Waals surface area contributed by atoms with Gasteiger partial charge in [-0.25, -0.2) is 0 Å². The highest BCUT2D eigenvalue weighted by atomic mass is 16.5. The van der Waals surface area contributed by atoms with Crippen molar-refractivity contribution in [3.05, 3.63) is 65.7 Å². The molecule has 0 amide bonds. The molecule has 1 heterocycles. The third kappa shape index (κ3) is 4.58. The summed E-state index contributed by atoms with van der Waals surface area (Å²) < 4.78 is 5.78. The topological polar surface area (TPSA) is 39.5 Å². The number of rotatable bonds is 6. The summed E-state index contributed by atoms with van der Waals surface area (Å²) in [5.74, 6) is 0.683. The van der Waals surface area contributed by atoms with Crippen molar-refractivity contribution in [2.75, 3.05) is 39.3 Å². The summed E-state index contributed by atoms with van der Waals surface area (Å²) in [4.78, 5) is 4.92. The molecule has 1 aliphatic heterocycles. The first-order valence-corrected chi connectivity index (χ1v) is 8.46. The standard InChI is InChI=1S/C20H23N3O/c21-16-19-8-4-5-9-20(19)24-15-14-22-10-12-23(13-11-22)17-18-6-2-1-3-7-18/h1-9H,10-15,17H2. The minimum Gasteiger partial charge on any atom is -0.491 e. The molecule has 2 aromatic rings. The van der Waals surface area contributed by atoms with Crippen LogP contribution in [0.5, 0.6) is 5.75 Å². The Hall–Kier alpha value is -2.35. The molecule has 0 radical (unpaired) electrons. The monoisotopic (exact) mass is 321 g/mol. The second-order valence-electron chi connectivity index (χ2n) is 6.06. The lowest BCUT2D eigenvalue weighted by Gasteiger charge is -2.34. The molecular weight excluding hydrogens is 298 g/mol. The van der Waals surface area contributed by atoms with E-state index in [9.17, 15) is 0 Å². The molecular formula is C20H23N3O. The average molecular weight is 321 g/mol. The molecule has 4 nitrogen and oxygen atoms in total. The van der Waals surface area contributed by atoms with E-state index in [1.807, 2.05) is 18.2 Å². The van der Waals surface area contributed by atoms with Crippen LogP contribution in [0.4, 0.5) is 0 Å². The first-order chi connectivity index (χ1) is 11.8.